The van der Waals surface area contributed by atoms with E-state index in [9.17, 15) is 4.79 Å². The molecule has 0 radical (unpaired) electrons. The lowest BCUT2D eigenvalue weighted by molar-refractivity contribution is -0.137. The third-order valence-electron chi connectivity index (χ3n) is 1.63. The van der Waals surface area contributed by atoms with Crippen molar-refractivity contribution in [1.82, 2.24) is 9.78 Å². The van der Waals surface area contributed by atoms with Gasteiger partial charge in [0.25, 0.3) is 0 Å². The molecule has 5 heteroatoms. The van der Waals surface area contributed by atoms with Crippen LogP contribution in [0.1, 0.15) is 19.3 Å². The maximum atomic E-state index is 10.2. The van der Waals surface area contributed by atoms with Crippen LogP contribution in [0.2, 0.25) is 5.02 Å². The maximum Gasteiger partial charge on any atom is 0.303 e. The molecule has 4 nitrogen and oxygen atoms in total. The van der Waals surface area contributed by atoms with Crippen molar-refractivity contribution in [3.63, 3.8) is 0 Å². The highest BCUT2D eigenvalue weighted by atomic mass is 35.5. The van der Waals surface area contributed by atoms with Gasteiger partial charge in [-0.1, -0.05) is 11.6 Å². The summed E-state index contributed by atoms with van der Waals surface area (Å²) in [7, 11) is 0. The second kappa shape index (κ2) is 4.87. The molecule has 1 aromatic rings. The summed E-state index contributed by atoms with van der Waals surface area (Å²) in [6.45, 7) is 0.722. The molecule has 1 N–H and O–H groups in total. The normalized spacial score (nSPS) is 10.2. The van der Waals surface area contributed by atoms with Crippen molar-refractivity contribution in [2.75, 3.05) is 0 Å². The molecule has 1 heterocycles. The summed E-state index contributed by atoms with van der Waals surface area (Å²) in [4.78, 5) is 10.2. The van der Waals surface area contributed by atoms with Crippen molar-refractivity contribution in [1.29, 1.82) is 0 Å². The van der Waals surface area contributed by atoms with Crippen LogP contribution >= 0.6 is 11.6 Å². The van der Waals surface area contributed by atoms with E-state index in [0.717, 1.165) is 13.0 Å². The van der Waals surface area contributed by atoms with Crippen LogP contribution in [0.5, 0.6) is 0 Å². The largest absolute Gasteiger partial charge is 0.481 e. The van der Waals surface area contributed by atoms with Gasteiger partial charge in [-0.05, 0) is 12.8 Å². The third kappa shape index (κ3) is 3.94. The second-order valence-electron chi connectivity index (χ2n) is 2.77. The van der Waals surface area contributed by atoms with E-state index in [4.69, 9.17) is 16.7 Å². The van der Waals surface area contributed by atoms with Gasteiger partial charge in [0.15, 0.2) is 0 Å². The standard InChI is InChI=1S/C8H11ClN2O2/c9-7-5-10-11(6-7)4-2-1-3-8(12)13/h5-6H,1-4H2,(H,12,13). The van der Waals surface area contributed by atoms with Gasteiger partial charge in [0.1, 0.15) is 0 Å². The average molecular weight is 203 g/mol. The Labute approximate surface area is 81.1 Å². The van der Waals surface area contributed by atoms with Crippen molar-refractivity contribution in [3.8, 4) is 0 Å². The van der Waals surface area contributed by atoms with Crippen molar-refractivity contribution >= 4 is 17.6 Å². The number of carboxylic acid groups (broad SMARTS) is 1. The van der Waals surface area contributed by atoms with Gasteiger partial charge < -0.3 is 5.11 Å². The highest BCUT2D eigenvalue weighted by Gasteiger charge is 1.98. The highest BCUT2D eigenvalue weighted by molar-refractivity contribution is 6.30. The zero-order valence-corrected chi connectivity index (χ0v) is 7.87. The number of carbonyl (C=O) groups is 1. The Morgan fingerprint density at radius 1 is 1.62 bits per heavy atom. The van der Waals surface area contributed by atoms with Crippen LogP contribution in [0.4, 0.5) is 0 Å². The minimum Gasteiger partial charge on any atom is -0.481 e. The molecule has 0 aliphatic rings. The zero-order valence-electron chi connectivity index (χ0n) is 7.11. The van der Waals surface area contributed by atoms with Gasteiger partial charge in [-0.25, -0.2) is 0 Å². The fourth-order valence-electron chi connectivity index (χ4n) is 1.01. The number of hydrogen-bond donors (Lipinski definition) is 1. The number of aliphatic carboxylic acids is 1. The van der Waals surface area contributed by atoms with E-state index >= 15 is 0 Å². The van der Waals surface area contributed by atoms with Gasteiger partial charge in [0.05, 0.1) is 11.2 Å². The fourth-order valence-corrected chi connectivity index (χ4v) is 1.17. The van der Waals surface area contributed by atoms with E-state index in [-0.39, 0.29) is 6.42 Å². The number of aryl methyl sites for hydroxylation is 1. The highest BCUT2D eigenvalue weighted by Crippen LogP contribution is 2.06. The van der Waals surface area contributed by atoms with Crippen LogP contribution < -0.4 is 0 Å². The summed E-state index contributed by atoms with van der Waals surface area (Å²) in [6, 6.07) is 0. The van der Waals surface area contributed by atoms with Crippen molar-refractivity contribution in [3.05, 3.63) is 17.4 Å². The molecule has 0 saturated carbocycles. The first-order chi connectivity index (χ1) is 6.18. The Morgan fingerprint density at radius 2 is 2.38 bits per heavy atom. The van der Waals surface area contributed by atoms with Crippen molar-refractivity contribution < 1.29 is 9.90 Å². The van der Waals surface area contributed by atoms with Crippen molar-refractivity contribution in [2.24, 2.45) is 0 Å². The molecule has 1 aromatic heterocycles. The first-order valence-corrected chi connectivity index (χ1v) is 4.46. The minimum atomic E-state index is -0.751. The van der Waals surface area contributed by atoms with Gasteiger partial charge in [0, 0.05) is 19.2 Å². The lowest BCUT2D eigenvalue weighted by Crippen LogP contribution is -2.00. The quantitative estimate of drug-likeness (QED) is 0.741. The predicted octanol–water partition coefficient (Wildman–Crippen LogP) is 1.79. The smallest absolute Gasteiger partial charge is 0.303 e. The molecule has 1 rings (SSSR count). The number of unbranched alkanes of at least 4 members (excludes halogenated alkanes) is 1. The fraction of sp³-hybridized carbons (Fsp3) is 0.500. The molecule has 13 heavy (non-hydrogen) atoms. The second-order valence-corrected chi connectivity index (χ2v) is 3.21. The Balaban J connectivity index is 2.16. The first kappa shape index (κ1) is 10.1. The number of rotatable bonds is 5. The Hall–Kier alpha value is -1.03. The molecule has 0 bridgehead atoms. The average Bonchev–Trinajstić information content (AvgIpc) is 2.45. The minimum absolute atomic E-state index is 0.217. The topological polar surface area (TPSA) is 55.1 Å². The van der Waals surface area contributed by atoms with E-state index in [0.29, 0.717) is 11.4 Å². The summed E-state index contributed by atoms with van der Waals surface area (Å²) < 4.78 is 1.71. The van der Waals surface area contributed by atoms with Crippen LogP contribution in [-0.4, -0.2) is 20.9 Å². The van der Waals surface area contributed by atoms with E-state index in [1.54, 1.807) is 17.1 Å². The summed E-state index contributed by atoms with van der Waals surface area (Å²) in [5, 5.41) is 13.0. The number of aromatic nitrogens is 2. The summed E-state index contributed by atoms with van der Waals surface area (Å²) in [6.07, 6.45) is 4.99. The molecule has 0 saturated heterocycles. The predicted molar refractivity (Wildman–Crippen MR) is 48.7 cm³/mol. The van der Waals surface area contributed by atoms with Gasteiger partial charge >= 0.3 is 5.97 Å². The molecular weight excluding hydrogens is 192 g/mol. The number of hydrogen-bond acceptors (Lipinski definition) is 2. The molecule has 0 fully saturated rings. The third-order valence-corrected chi connectivity index (χ3v) is 1.82. The summed E-state index contributed by atoms with van der Waals surface area (Å²) in [5.41, 5.74) is 0. The van der Waals surface area contributed by atoms with Gasteiger partial charge in [0.2, 0.25) is 0 Å². The molecule has 0 spiro atoms. The maximum absolute atomic E-state index is 10.2. The van der Waals surface area contributed by atoms with E-state index < -0.39 is 5.97 Å². The van der Waals surface area contributed by atoms with Gasteiger partial charge in [-0.3, -0.25) is 9.48 Å². The Morgan fingerprint density at radius 3 is 2.92 bits per heavy atom. The molecule has 0 atom stereocenters. The van der Waals surface area contributed by atoms with Crippen LogP contribution in [0, 0.1) is 0 Å². The van der Waals surface area contributed by atoms with Crippen molar-refractivity contribution in [2.45, 2.75) is 25.8 Å². The molecular formula is C8H11ClN2O2. The lowest BCUT2D eigenvalue weighted by atomic mass is 10.2. The van der Waals surface area contributed by atoms with E-state index in [1.165, 1.54) is 0 Å². The van der Waals surface area contributed by atoms with Crippen LogP contribution in [0.3, 0.4) is 0 Å². The SMILES string of the molecule is O=C(O)CCCCn1cc(Cl)cn1. The van der Waals surface area contributed by atoms with Gasteiger partial charge in [-0.2, -0.15) is 5.10 Å². The number of nitrogens with zero attached hydrogens (tertiary/aromatic N) is 2. The van der Waals surface area contributed by atoms with E-state index in [1.807, 2.05) is 0 Å². The van der Waals surface area contributed by atoms with Gasteiger partial charge in [-0.15, -0.1) is 0 Å². The zero-order chi connectivity index (χ0) is 9.68. The molecule has 0 amide bonds. The van der Waals surface area contributed by atoms with Crippen LogP contribution in [0.25, 0.3) is 0 Å². The van der Waals surface area contributed by atoms with E-state index in [2.05, 4.69) is 5.10 Å². The monoisotopic (exact) mass is 202 g/mol. The molecule has 0 aliphatic carbocycles. The van der Waals surface area contributed by atoms with Crippen LogP contribution in [0.15, 0.2) is 12.4 Å². The summed E-state index contributed by atoms with van der Waals surface area (Å²) >= 11 is 5.65. The number of carboxylic acids is 1. The number of halogens is 1. The first-order valence-electron chi connectivity index (χ1n) is 4.08. The molecule has 0 aliphatic heterocycles. The molecule has 0 unspecified atom stereocenters. The molecule has 72 valence electrons. The Kier molecular flexibility index (Phi) is 3.76. The van der Waals surface area contributed by atoms with Crippen LogP contribution in [-0.2, 0) is 11.3 Å². The summed E-state index contributed by atoms with van der Waals surface area (Å²) in [5.74, 6) is -0.751. The molecule has 0 aromatic carbocycles. The Bertz CT molecular complexity index is 285. The lowest BCUT2D eigenvalue weighted by Gasteiger charge is -1.98.